The third kappa shape index (κ3) is 3.58. The number of pyridine rings is 1. The fourth-order valence-electron chi connectivity index (χ4n) is 3.62. The van der Waals surface area contributed by atoms with Crippen LogP contribution in [0.5, 0.6) is 0 Å². The quantitative estimate of drug-likeness (QED) is 0.837. The second kappa shape index (κ2) is 6.96. The Morgan fingerprint density at radius 1 is 1.32 bits per heavy atom. The van der Waals surface area contributed by atoms with Gasteiger partial charge in [-0.05, 0) is 31.5 Å². The van der Waals surface area contributed by atoms with Crippen molar-refractivity contribution >= 4 is 5.91 Å². The maximum atomic E-state index is 12.5. The van der Waals surface area contributed by atoms with Gasteiger partial charge in [-0.1, -0.05) is 12.5 Å². The molecule has 132 valence electrons. The molecule has 0 saturated heterocycles. The summed E-state index contributed by atoms with van der Waals surface area (Å²) in [7, 11) is 2.09. The molecule has 1 saturated carbocycles. The summed E-state index contributed by atoms with van der Waals surface area (Å²) in [5, 5.41) is 0. The maximum absolute atomic E-state index is 12.5. The minimum atomic E-state index is 0.270. The number of rotatable bonds is 5. The number of nitrogens with zero attached hydrogens (tertiary/aromatic N) is 5. The Bertz CT molecular complexity index is 738. The average molecular weight is 339 g/mol. The predicted octanol–water partition coefficient (Wildman–Crippen LogP) is 2.05. The molecule has 0 aromatic carbocycles. The lowest BCUT2D eigenvalue weighted by Gasteiger charge is -2.34. The number of carbonyl (C=O) groups excluding carboxylic acids is 1. The highest BCUT2D eigenvalue weighted by Crippen LogP contribution is 2.29. The Hall–Kier alpha value is -2.21. The second-order valence-electron chi connectivity index (χ2n) is 7.26. The van der Waals surface area contributed by atoms with E-state index in [0.29, 0.717) is 12.5 Å². The SMILES string of the molecule is CN(Cc1cccnc1)Cc1cn2c(n1)CN(C(=O)C1CCC1)CC2. The molecule has 6 heteroatoms. The normalized spacial score (nSPS) is 17.4. The van der Waals surface area contributed by atoms with Gasteiger partial charge in [-0.3, -0.25) is 14.7 Å². The van der Waals surface area contributed by atoms with Gasteiger partial charge in [-0.25, -0.2) is 4.98 Å². The fraction of sp³-hybridized carbons (Fsp3) is 0.526. The second-order valence-corrected chi connectivity index (χ2v) is 7.26. The van der Waals surface area contributed by atoms with Crippen LogP contribution in [0.4, 0.5) is 0 Å². The molecular weight excluding hydrogens is 314 g/mol. The van der Waals surface area contributed by atoms with Crippen LogP contribution in [0.15, 0.2) is 30.7 Å². The highest BCUT2D eigenvalue weighted by Gasteiger charge is 2.31. The van der Waals surface area contributed by atoms with Crippen LogP contribution in [-0.2, 0) is 31.0 Å². The first-order valence-electron chi connectivity index (χ1n) is 9.10. The third-order valence-electron chi connectivity index (χ3n) is 5.23. The van der Waals surface area contributed by atoms with E-state index in [2.05, 4.69) is 33.8 Å². The van der Waals surface area contributed by atoms with E-state index in [0.717, 1.165) is 50.5 Å². The van der Waals surface area contributed by atoms with Crippen LogP contribution < -0.4 is 0 Å². The first-order valence-corrected chi connectivity index (χ1v) is 9.10. The van der Waals surface area contributed by atoms with Crippen LogP contribution in [0.1, 0.15) is 36.3 Å². The van der Waals surface area contributed by atoms with E-state index in [4.69, 9.17) is 4.98 Å². The van der Waals surface area contributed by atoms with Crippen molar-refractivity contribution in [2.24, 2.45) is 5.92 Å². The summed E-state index contributed by atoms with van der Waals surface area (Å²) in [6, 6.07) is 4.05. The van der Waals surface area contributed by atoms with E-state index in [-0.39, 0.29) is 5.92 Å². The zero-order valence-electron chi connectivity index (χ0n) is 14.8. The van der Waals surface area contributed by atoms with Gasteiger partial charge in [-0.2, -0.15) is 0 Å². The number of amides is 1. The van der Waals surface area contributed by atoms with Crippen LogP contribution in [-0.4, -0.2) is 43.8 Å². The highest BCUT2D eigenvalue weighted by molar-refractivity contribution is 5.79. The number of aromatic nitrogens is 3. The number of hydrogen-bond donors (Lipinski definition) is 0. The molecule has 0 N–H and O–H groups in total. The molecule has 2 aliphatic rings. The number of fused-ring (bicyclic) bond motifs is 1. The van der Waals surface area contributed by atoms with Crippen LogP contribution >= 0.6 is 0 Å². The topological polar surface area (TPSA) is 54.3 Å². The molecule has 0 atom stereocenters. The van der Waals surface area contributed by atoms with E-state index >= 15 is 0 Å². The lowest BCUT2D eigenvalue weighted by Crippen LogP contribution is -2.43. The summed E-state index contributed by atoms with van der Waals surface area (Å²) in [5.41, 5.74) is 2.27. The molecule has 3 heterocycles. The maximum Gasteiger partial charge on any atom is 0.226 e. The van der Waals surface area contributed by atoms with Crippen LogP contribution in [0.25, 0.3) is 0 Å². The molecule has 0 bridgehead atoms. The van der Waals surface area contributed by atoms with Crippen molar-refractivity contribution in [3.63, 3.8) is 0 Å². The van der Waals surface area contributed by atoms with Crippen molar-refractivity contribution in [3.05, 3.63) is 47.8 Å². The smallest absolute Gasteiger partial charge is 0.226 e. The zero-order valence-corrected chi connectivity index (χ0v) is 14.8. The molecule has 0 radical (unpaired) electrons. The van der Waals surface area contributed by atoms with Crippen LogP contribution in [0, 0.1) is 5.92 Å². The van der Waals surface area contributed by atoms with Crippen molar-refractivity contribution in [1.82, 2.24) is 24.3 Å². The molecule has 2 aromatic rings. The summed E-state index contributed by atoms with van der Waals surface area (Å²) >= 11 is 0. The van der Waals surface area contributed by atoms with Crippen LogP contribution in [0.2, 0.25) is 0 Å². The zero-order chi connectivity index (χ0) is 17.2. The fourth-order valence-corrected chi connectivity index (χ4v) is 3.62. The molecule has 1 amide bonds. The van der Waals surface area contributed by atoms with Gasteiger partial charge in [0.05, 0.1) is 12.2 Å². The van der Waals surface area contributed by atoms with Crippen molar-refractivity contribution < 1.29 is 4.79 Å². The van der Waals surface area contributed by atoms with Crippen molar-refractivity contribution in [2.45, 2.75) is 45.4 Å². The van der Waals surface area contributed by atoms with Gasteiger partial charge < -0.3 is 9.47 Å². The Morgan fingerprint density at radius 3 is 2.92 bits per heavy atom. The molecule has 4 rings (SSSR count). The first kappa shape index (κ1) is 16.3. The third-order valence-corrected chi connectivity index (χ3v) is 5.23. The number of hydrogen-bond acceptors (Lipinski definition) is 4. The molecule has 25 heavy (non-hydrogen) atoms. The number of carbonyl (C=O) groups is 1. The molecule has 2 aromatic heterocycles. The summed E-state index contributed by atoms with van der Waals surface area (Å²) in [4.78, 5) is 25.6. The van der Waals surface area contributed by atoms with E-state index < -0.39 is 0 Å². The Balaban J connectivity index is 1.37. The molecular formula is C19H25N5O. The molecule has 0 spiro atoms. The van der Waals surface area contributed by atoms with E-state index in [1.807, 2.05) is 17.2 Å². The molecule has 1 fully saturated rings. The minimum Gasteiger partial charge on any atom is -0.333 e. The summed E-state index contributed by atoms with van der Waals surface area (Å²) < 4.78 is 2.21. The van der Waals surface area contributed by atoms with Gasteiger partial charge in [0.25, 0.3) is 0 Å². The van der Waals surface area contributed by atoms with Gasteiger partial charge in [-0.15, -0.1) is 0 Å². The average Bonchev–Trinajstić information content (AvgIpc) is 2.95. The molecule has 0 unspecified atom stereocenters. The largest absolute Gasteiger partial charge is 0.333 e. The minimum absolute atomic E-state index is 0.270. The summed E-state index contributed by atoms with van der Waals surface area (Å²) in [6.07, 6.45) is 9.16. The van der Waals surface area contributed by atoms with Crippen molar-refractivity contribution in [2.75, 3.05) is 13.6 Å². The van der Waals surface area contributed by atoms with Crippen molar-refractivity contribution in [1.29, 1.82) is 0 Å². The first-order chi connectivity index (χ1) is 12.2. The van der Waals surface area contributed by atoms with E-state index in [9.17, 15) is 4.79 Å². The van der Waals surface area contributed by atoms with Gasteiger partial charge in [0.2, 0.25) is 5.91 Å². The lowest BCUT2D eigenvalue weighted by atomic mass is 9.84. The van der Waals surface area contributed by atoms with Gasteiger partial charge in [0.15, 0.2) is 0 Å². The van der Waals surface area contributed by atoms with Gasteiger partial charge in [0.1, 0.15) is 5.82 Å². The molecule has 1 aliphatic heterocycles. The van der Waals surface area contributed by atoms with Crippen LogP contribution in [0.3, 0.4) is 0 Å². The predicted molar refractivity (Wildman–Crippen MR) is 94.4 cm³/mol. The summed E-state index contributed by atoms with van der Waals surface area (Å²) in [5.74, 6) is 1.62. The Kier molecular flexibility index (Phi) is 4.53. The van der Waals surface area contributed by atoms with Gasteiger partial charge >= 0.3 is 0 Å². The summed E-state index contributed by atoms with van der Waals surface area (Å²) in [6.45, 7) is 3.96. The molecule has 6 nitrogen and oxygen atoms in total. The Morgan fingerprint density at radius 2 is 2.20 bits per heavy atom. The molecule has 1 aliphatic carbocycles. The van der Waals surface area contributed by atoms with E-state index in [1.165, 1.54) is 12.0 Å². The highest BCUT2D eigenvalue weighted by atomic mass is 16.2. The monoisotopic (exact) mass is 339 g/mol. The number of imidazole rings is 1. The van der Waals surface area contributed by atoms with Gasteiger partial charge in [0, 0.05) is 50.7 Å². The Labute approximate surface area is 148 Å². The van der Waals surface area contributed by atoms with Crippen molar-refractivity contribution in [3.8, 4) is 0 Å². The lowest BCUT2D eigenvalue weighted by molar-refractivity contribution is -0.139. The standard InChI is InChI=1S/C19H25N5O/c1-22(11-15-4-3-7-20-10-15)12-17-13-23-8-9-24(14-18(23)21-17)19(25)16-5-2-6-16/h3-4,7,10,13,16H,2,5-6,8-9,11-12,14H2,1H3. The van der Waals surface area contributed by atoms with E-state index in [1.54, 1.807) is 6.20 Å².